The minimum Gasteiger partial charge on any atom is -0.463 e. The van der Waals surface area contributed by atoms with Gasteiger partial charge in [0.25, 0.3) is 0 Å². The second kappa shape index (κ2) is 29.1. The predicted molar refractivity (Wildman–Crippen MR) is 200 cm³/mol. The Hall–Kier alpha value is -6.34. The summed E-state index contributed by atoms with van der Waals surface area (Å²) in [4.78, 5) is 70.5. The smallest absolute Gasteiger partial charge is 0.330 e. The van der Waals surface area contributed by atoms with Crippen LogP contribution in [-0.4, -0.2) is 120 Å². The Kier molecular flexibility index (Phi) is 23.8. The average Bonchev–Trinajstić information content (AvgIpc) is 3.20. The van der Waals surface area contributed by atoms with E-state index in [1.165, 1.54) is 0 Å². The standard InChI is InChI=1S/C36H50N8O12/c1-5-27(45)49-19-13-23-53-33-39-31(40-34(43-33)54-24-14-20-50-28(46)6-2)37-17-11-9-10-12-18-38-32-41-35(55-25-15-21-51-29(47)7-3)44-36(42-32)56-26-16-22-52-30(48)8-4/h5-8H,1-4,9-26H2,(H,37,39,40,43)(H,38,41,42,44). The van der Waals surface area contributed by atoms with Gasteiger partial charge in [-0.1, -0.05) is 39.2 Å². The number of ether oxygens (including phenoxy) is 8. The van der Waals surface area contributed by atoms with Crippen LogP contribution in [0.1, 0.15) is 51.4 Å². The summed E-state index contributed by atoms with van der Waals surface area (Å²) >= 11 is 0. The molecule has 0 aliphatic rings. The van der Waals surface area contributed by atoms with Crippen molar-refractivity contribution in [2.45, 2.75) is 51.4 Å². The molecule has 0 aliphatic heterocycles. The molecule has 0 unspecified atom stereocenters. The minimum absolute atomic E-state index is 0.0280. The molecule has 56 heavy (non-hydrogen) atoms. The van der Waals surface area contributed by atoms with Crippen LogP contribution in [0.25, 0.3) is 0 Å². The second-order valence-corrected chi connectivity index (χ2v) is 11.0. The lowest BCUT2D eigenvalue weighted by molar-refractivity contribution is -0.138. The quantitative estimate of drug-likeness (QED) is 0.0457. The molecule has 2 aromatic rings. The number of aromatic nitrogens is 6. The lowest BCUT2D eigenvalue weighted by atomic mass is 10.2. The summed E-state index contributed by atoms with van der Waals surface area (Å²) in [6, 6.07) is 0.112. The van der Waals surface area contributed by atoms with Gasteiger partial charge < -0.3 is 48.5 Å². The first-order valence-corrected chi connectivity index (χ1v) is 17.9. The second-order valence-electron chi connectivity index (χ2n) is 11.0. The van der Waals surface area contributed by atoms with Gasteiger partial charge in [0.1, 0.15) is 0 Å². The molecule has 0 aromatic carbocycles. The van der Waals surface area contributed by atoms with Crippen molar-refractivity contribution in [3.05, 3.63) is 50.6 Å². The average molecular weight is 787 g/mol. The number of carbonyl (C=O) groups excluding carboxylic acids is 4. The monoisotopic (exact) mass is 786 g/mol. The summed E-state index contributed by atoms with van der Waals surface area (Å²) in [6.07, 6.45) is 9.29. The molecule has 0 radical (unpaired) electrons. The van der Waals surface area contributed by atoms with Crippen LogP contribution in [-0.2, 0) is 38.1 Å². The molecule has 0 aliphatic carbocycles. The van der Waals surface area contributed by atoms with Crippen LogP contribution in [0.5, 0.6) is 24.0 Å². The van der Waals surface area contributed by atoms with Gasteiger partial charge in [-0.3, -0.25) is 0 Å². The molecule has 2 rings (SSSR count). The van der Waals surface area contributed by atoms with Crippen LogP contribution >= 0.6 is 0 Å². The third-order valence-electron chi connectivity index (χ3n) is 6.58. The van der Waals surface area contributed by atoms with E-state index >= 15 is 0 Å². The van der Waals surface area contributed by atoms with E-state index in [4.69, 9.17) is 37.9 Å². The number of rotatable bonds is 33. The number of hydrogen-bond donors (Lipinski definition) is 2. The Morgan fingerprint density at radius 3 is 0.911 bits per heavy atom. The molecule has 0 bridgehead atoms. The molecule has 0 fully saturated rings. The van der Waals surface area contributed by atoms with E-state index in [-0.39, 0.29) is 88.8 Å². The van der Waals surface area contributed by atoms with E-state index < -0.39 is 23.9 Å². The van der Waals surface area contributed by atoms with Gasteiger partial charge in [-0.2, -0.15) is 19.9 Å². The van der Waals surface area contributed by atoms with E-state index in [1.807, 2.05) is 0 Å². The third kappa shape index (κ3) is 22.0. The van der Waals surface area contributed by atoms with Gasteiger partial charge in [-0.15, -0.1) is 9.97 Å². The van der Waals surface area contributed by atoms with Gasteiger partial charge in [-0.25, -0.2) is 19.2 Å². The number of nitrogens with one attached hydrogen (secondary N) is 2. The zero-order valence-corrected chi connectivity index (χ0v) is 31.4. The highest BCUT2D eigenvalue weighted by Crippen LogP contribution is 2.16. The maximum atomic E-state index is 11.2. The van der Waals surface area contributed by atoms with Crippen molar-refractivity contribution in [3.8, 4) is 24.0 Å². The molecule has 2 heterocycles. The predicted octanol–water partition coefficient (Wildman–Crippen LogP) is 3.13. The molecule has 0 saturated carbocycles. The number of unbranched alkanes of at least 4 members (excludes halogenated alkanes) is 3. The fraction of sp³-hybridized carbons (Fsp3) is 0.500. The van der Waals surface area contributed by atoms with Crippen molar-refractivity contribution in [1.29, 1.82) is 0 Å². The third-order valence-corrected chi connectivity index (χ3v) is 6.58. The molecular weight excluding hydrogens is 736 g/mol. The molecule has 20 nitrogen and oxygen atoms in total. The van der Waals surface area contributed by atoms with Gasteiger partial charge in [-0.05, 0) is 12.8 Å². The number of carbonyl (C=O) groups is 4. The Labute approximate surface area is 325 Å². The molecule has 2 aromatic heterocycles. The first-order chi connectivity index (χ1) is 27.3. The van der Waals surface area contributed by atoms with Gasteiger partial charge in [0.15, 0.2) is 0 Å². The summed E-state index contributed by atoms with van der Waals surface area (Å²) in [5.74, 6) is -1.59. The molecule has 0 spiro atoms. The normalized spacial score (nSPS) is 10.2. The van der Waals surface area contributed by atoms with Crippen LogP contribution in [0, 0.1) is 0 Å². The molecule has 0 atom stereocenters. The van der Waals surface area contributed by atoms with E-state index in [9.17, 15) is 19.2 Å². The molecule has 0 amide bonds. The summed E-state index contributed by atoms with van der Waals surface area (Å²) in [7, 11) is 0. The fourth-order valence-electron chi connectivity index (χ4n) is 3.91. The molecule has 20 heteroatoms. The van der Waals surface area contributed by atoms with Crippen molar-refractivity contribution in [3.63, 3.8) is 0 Å². The minimum atomic E-state index is -0.525. The van der Waals surface area contributed by atoms with Crippen LogP contribution < -0.4 is 29.6 Å². The highest BCUT2D eigenvalue weighted by Gasteiger charge is 2.12. The molecule has 2 N–H and O–H groups in total. The highest BCUT2D eigenvalue weighted by atomic mass is 16.6. The Morgan fingerprint density at radius 2 is 0.661 bits per heavy atom. The van der Waals surface area contributed by atoms with Crippen molar-refractivity contribution in [2.75, 3.05) is 76.6 Å². The van der Waals surface area contributed by atoms with Crippen molar-refractivity contribution in [2.24, 2.45) is 0 Å². The maximum absolute atomic E-state index is 11.2. The van der Waals surface area contributed by atoms with Gasteiger partial charge >= 0.3 is 47.9 Å². The summed E-state index contributed by atoms with van der Waals surface area (Å²) in [6.45, 7) is 15.8. The number of hydrogen-bond acceptors (Lipinski definition) is 20. The molecule has 0 saturated heterocycles. The first kappa shape index (κ1) is 45.8. The largest absolute Gasteiger partial charge is 0.463 e. The Bertz CT molecular complexity index is 1350. The molecular formula is C36H50N8O12. The van der Waals surface area contributed by atoms with Crippen LogP contribution in [0.4, 0.5) is 11.9 Å². The highest BCUT2D eigenvalue weighted by molar-refractivity contribution is 5.82. The zero-order valence-electron chi connectivity index (χ0n) is 31.4. The lowest BCUT2D eigenvalue weighted by Crippen LogP contribution is -2.13. The summed E-state index contributed by atoms with van der Waals surface area (Å²) in [5, 5.41) is 6.32. The summed E-state index contributed by atoms with van der Waals surface area (Å²) in [5.41, 5.74) is 0. The number of nitrogens with zero attached hydrogens (tertiary/aromatic N) is 6. The van der Waals surface area contributed by atoms with Gasteiger partial charge in [0, 0.05) is 63.1 Å². The van der Waals surface area contributed by atoms with Crippen LogP contribution in [0.3, 0.4) is 0 Å². The topological polar surface area (TPSA) is 244 Å². The SMILES string of the molecule is C=CC(=O)OCCCOc1nc(NCCCCCCNc2nc(OCCCOC(=O)C=C)nc(OCCCOC(=O)C=C)n2)nc(OCCCOC(=O)C=C)n1. The van der Waals surface area contributed by atoms with Crippen LogP contribution in [0.2, 0.25) is 0 Å². The van der Waals surface area contributed by atoms with Crippen LogP contribution in [0.15, 0.2) is 50.6 Å². The number of anilines is 2. The van der Waals surface area contributed by atoms with E-state index in [1.54, 1.807) is 0 Å². The maximum Gasteiger partial charge on any atom is 0.330 e. The van der Waals surface area contributed by atoms with E-state index in [2.05, 4.69) is 66.9 Å². The van der Waals surface area contributed by atoms with Crippen molar-refractivity contribution < 1.29 is 57.1 Å². The van der Waals surface area contributed by atoms with E-state index in [0.717, 1.165) is 50.0 Å². The Morgan fingerprint density at radius 1 is 0.393 bits per heavy atom. The van der Waals surface area contributed by atoms with Gasteiger partial charge in [0.05, 0.1) is 52.9 Å². The van der Waals surface area contributed by atoms with Gasteiger partial charge in [0.2, 0.25) is 11.9 Å². The van der Waals surface area contributed by atoms with Crippen molar-refractivity contribution in [1.82, 2.24) is 29.9 Å². The van der Waals surface area contributed by atoms with E-state index in [0.29, 0.717) is 38.8 Å². The Balaban J connectivity index is 1.83. The first-order valence-electron chi connectivity index (χ1n) is 17.9. The lowest BCUT2D eigenvalue weighted by Gasteiger charge is -2.11. The zero-order chi connectivity index (χ0) is 40.6. The molecule has 306 valence electrons. The fourth-order valence-corrected chi connectivity index (χ4v) is 3.91. The summed E-state index contributed by atoms with van der Waals surface area (Å²) < 4.78 is 42.3. The number of esters is 4. The van der Waals surface area contributed by atoms with Crippen molar-refractivity contribution >= 4 is 35.8 Å².